The van der Waals surface area contributed by atoms with Gasteiger partial charge in [0.15, 0.2) is 0 Å². The lowest BCUT2D eigenvalue weighted by Gasteiger charge is -2.18. The van der Waals surface area contributed by atoms with Crippen LogP contribution >= 0.6 is 0 Å². The van der Waals surface area contributed by atoms with Gasteiger partial charge in [-0.25, -0.2) is 0 Å². The minimum absolute atomic E-state index is 0.655. The van der Waals surface area contributed by atoms with Gasteiger partial charge < -0.3 is 5.32 Å². The molecule has 0 aromatic carbocycles. The zero-order valence-corrected chi connectivity index (χ0v) is 11.7. The van der Waals surface area contributed by atoms with Crippen LogP contribution in [0.25, 0.3) is 0 Å². The standard InChI is InChI=1S/C14H27N3/c1-5-15-14(8-6-12(2)3)9-7-13-10-16-17(4)11-13/h10-12,14-15H,5-9H2,1-4H3. The van der Waals surface area contributed by atoms with Gasteiger partial charge in [-0.05, 0) is 43.7 Å². The van der Waals surface area contributed by atoms with Crippen molar-refractivity contribution >= 4 is 0 Å². The van der Waals surface area contributed by atoms with E-state index in [1.807, 2.05) is 17.9 Å². The molecule has 1 atom stereocenters. The summed E-state index contributed by atoms with van der Waals surface area (Å²) in [5.74, 6) is 0.801. The number of aromatic nitrogens is 2. The molecule has 17 heavy (non-hydrogen) atoms. The largest absolute Gasteiger partial charge is 0.314 e. The van der Waals surface area contributed by atoms with Crippen LogP contribution in [0, 0.1) is 5.92 Å². The highest BCUT2D eigenvalue weighted by molar-refractivity contribution is 5.03. The molecule has 0 saturated carbocycles. The monoisotopic (exact) mass is 237 g/mol. The topological polar surface area (TPSA) is 29.9 Å². The summed E-state index contributed by atoms with van der Waals surface area (Å²) in [4.78, 5) is 0. The van der Waals surface area contributed by atoms with E-state index in [9.17, 15) is 0 Å². The Labute approximate surface area is 106 Å². The predicted octanol–water partition coefficient (Wildman–Crippen LogP) is 2.77. The Morgan fingerprint density at radius 2 is 2.06 bits per heavy atom. The van der Waals surface area contributed by atoms with Crippen LogP contribution in [0.3, 0.4) is 0 Å². The molecule has 0 amide bonds. The fourth-order valence-electron chi connectivity index (χ4n) is 2.11. The van der Waals surface area contributed by atoms with E-state index >= 15 is 0 Å². The molecule has 3 heteroatoms. The Morgan fingerprint density at radius 3 is 2.59 bits per heavy atom. The van der Waals surface area contributed by atoms with Crippen LogP contribution in [-0.4, -0.2) is 22.4 Å². The SMILES string of the molecule is CCNC(CCc1cnn(C)c1)CCC(C)C. The maximum Gasteiger partial charge on any atom is 0.0521 e. The fourth-order valence-corrected chi connectivity index (χ4v) is 2.11. The highest BCUT2D eigenvalue weighted by atomic mass is 15.2. The molecule has 0 fully saturated rings. The first kappa shape index (κ1) is 14.2. The van der Waals surface area contributed by atoms with Gasteiger partial charge in [0, 0.05) is 19.3 Å². The van der Waals surface area contributed by atoms with E-state index in [0.717, 1.165) is 18.9 Å². The van der Waals surface area contributed by atoms with Gasteiger partial charge in [-0.2, -0.15) is 5.10 Å². The van der Waals surface area contributed by atoms with Crippen molar-refractivity contribution in [1.82, 2.24) is 15.1 Å². The summed E-state index contributed by atoms with van der Waals surface area (Å²) < 4.78 is 1.88. The van der Waals surface area contributed by atoms with Crippen molar-refractivity contribution in [3.63, 3.8) is 0 Å². The summed E-state index contributed by atoms with van der Waals surface area (Å²) in [7, 11) is 1.98. The van der Waals surface area contributed by atoms with E-state index < -0.39 is 0 Å². The summed E-state index contributed by atoms with van der Waals surface area (Å²) in [6.07, 6.45) is 9.03. The Hall–Kier alpha value is -0.830. The lowest BCUT2D eigenvalue weighted by atomic mass is 9.99. The quantitative estimate of drug-likeness (QED) is 0.753. The van der Waals surface area contributed by atoms with Gasteiger partial charge >= 0.3 is 0 Å². The molecule has 0 spiro atoms. The normalized spacial score (nSPS) is 13.2. The second kappa shape index (κ2) is 7.49. The van der Waals surface area contributed by atoms with Gasteiger partial charge in [0.05, 0.1) is 6.20 Å². The van der Waals surface area contributed by atoms with Crippen molar-refractivity contribution in [3.8, 4) is 0 Å². The van der Waals surface area contributed by atoms with Crippen molar-refractivity contribution in [2.75, 3.05) is 6.54 Å². The Bertz CT molecular complexity index is 304. The second-order valence-corrected chi connectivity index (χ2v) is 5.29. The molecule has 0 radical (unpaired) electrons. The molecule has 1 heterocycles. The van der Waals surface area contributed by atoms with Gasteiger partial charge in [0.2, 0.25) is 0 Å². The van der Waals surface area contributed by atoms with Crippen LogP contribution in [-0.2, 0) is 13.5 Å². The average molecular weight is 237 g/mol. The number of hydrogen-bond donors (Lipinski definition) is 1. The fraction of sp³-hybridized carbons (Fsp3) is 0.786. The molecule has 0 saturated heterocycles. The molecule has 0 bridgehead atoms. The van der Waals surface area contributed by atoms with Crippen LogP contribution in [0.2, 0.25) is 0 Å². The third-order valence-electron chi connectivity index (χ3n) is 3.13. The third kappa shape index (κ3) is 5.87. The minimum Gasteiger partial charge on any atom is -0.314 e. The number of rotatable bonds is 8. The Balaban J connectivity index is 2.33. The van der Waals surface area contributed by atoms with Crippen LogP contribution in [0.15, 0.2) is 12.4 Å². The Morgan fingerprint density at radius 1 is 1.29 bits per heavy atom. The van der Waals surface area contributed by atoms with E-state index in [1.54, 1.807) is 0 Å². The summed E-state index contributed by atoms with van der Waals surface area (Å²) in [5.41, 5.74) is 1.35. The second-order valence-electron chi connectivity index (χ2n) is 5.29. The van der Waals surface area contributed by atoms with Gasteiger partial charge in [-0.15, -0.1) is 0 Å². The molecule has 3 nitrogen and oxygen atoms in total. The van der Waals surface area contributed by atoms with Gasteiger partial charge in [0.1, 0.15) is 0 Å². The number of aryl methyl sites for hydroxylation is 2. The number of nitrogens with one attached hydrogen (secondary N) is 1. The zero-order chi connectivity index (χ0) is 12.7. The molecule has 1 N–H and O–H groups in total. The molecule has 1 aromatic rings. The van der Waals surface area contributed by atoms with E-state index in [-0.39, 0.29) is 0 Å². The molecular formula is C14H27N3. The highest BCUT2D eigenvalue weighted by Gasteiger charge is 2.09. The van der Waals surface area contributed by atoms with Gasteiger partial charge in [0.25, 0.3) is 0 Å². The lowest BCUT2D eigenvalue weighted by molar-refractivity contribution is 0.417. The van der Waals surface area contributed by atoms with E-state index in [0.29, 0.717) is 6.04 Å². The first-order valence-electron chi connectivity index (χ1n) is 6.82. The van der Waals surface area contributed by atoms with Crippen LogP contribution in [0.4, 0.5) is 0 Å². The smallest absolute Gasteiger partial charge is 0.0521 e. The average Bonchev–Trinajstić information content (AvgIpc) is 2.68. The van der Waals surface area contributed by atoms with E-state index in [1.165, 1.54) is 24.8 Å². The molecule has 98 valence electrons. The van der Waals surface area contributed by atoms with Crippen LogP contribution < -0.4 is 5.32 Å². The summed E-state index contributed by atoms with van der Waals surface area (Å²) >= 11 is 0. The molecular weight excluding hydrogens is 210 g/mol. The Kier molecular flexibility index (Phi) is 6.27. The first-order chi connectivity index (χ1) is 8.11. The first-order valence-corrected chi connectivity index (χ1v) is 6.82. The molecule has 1 unspecified atom stereocenters. The summed E-state index contributed by atoms with van der Waals surface area (Å²) in [6, 6.07) is 0.655. The van der Waals surface area contributed by atoms with Crippen LogP contribution in [0.5, 0.6) is 0 Å². The predicted molar refractivity (Wildman–Crippen MR) is 73.1 cm³/mol. The van der Waals surface area contributed by atoms with Crippen molar-refractivity contribution < 1.29 is 0 Å². The maximum absolute atomic E-state index is 4.21. The highest BCUT2D eigenvalue weighted by Crippen LogP contribution is 2.12. The summed E-state index contributed by atoms with van der Waals surface area (Å²) in [6.45, 7) is 7.84. The van der Waals surface area contributed by atoms with Crippen molar-refractivity contribution in [2.45, 2.75) is 52.5 Å². The molecule has 0 aliphatic rings. The third-order valence-corrected chi connectivity index (χ3v) is 3.13. The maximum atomic E-state index is 4.21. The van der Waals surface area contributed by atoms with Gasteiger partial charge in [-0.1, -0.05) is 20.8 Å². The molecule has 0 aliphatic carbocycles. The molecule has 1 rings (SSSR count). The van der Waals surface area contributed by atoms with E-state index in [2.05, 4.69) is 37.4 Å². The van der Waals surface area contributed by atoms with Gasteiger partial charge in [-0.3, -0.25) is 4.68 Å². The number of nitrogens with zero attached hydrogens (tertiary/aromatic N) is 2. The molecule has 1 aromatic heterocycles. The lowest BCUT2D eigenvalue weighted by Crippen LogP contribution is -2.29. The summed E-state index contributed by atoms with van der Waals surface area (Å²) in [5, 5.41) is 7.80. The van der Waals surface area contributed by atoms with E-state index in [4.69, 9.17) is 0 Å². The minimum atomic E-state index is 0.655. The van der Waals surface area contributed by atoms with Crippen LogP contribution in [0.1, 0.15) is 45.6 Å². The van der Waals surface area contributed by atoms with Crippen molar-refractivity contribution in [1.29, 1.82) is 0 Å². The zero-order valence-electron chi connectivity index (χ0n) is 11.7. The molecule has 0 aliphatic heterocycles. The van der Waals surface area contributed by atoms with Crippen molar-refractivity contribution in [2.24, 2.45) is 13.0 Å². The number of hydrogen-bond acceptors (Lipinski definition) is 2. The van der Waals surface area contributed by atoms with Crippen molar-refractivity contribution in [3.05, 3.63) is 18.0 Å².